The predicted octanol–water partition coefficient (Wildman–Crippen LogP) is 0.561. The summed E-state index contributed by atoms with van der Waals surface area (Å²) in [5.41, 5.74) is 0.527. The van der Waals surface area contributed by atoms with Crippen LogP contribution in [-0.4, -0.2) is 50.9 Å². The molecule has 1 aromatic rings. The van der Waals surface area contributed by atoms with E-state index in [1.807, 2.05) is 6.92 Å². The summed E-state index contributed by atoms with van der Waals surface area (Å²) in [5.74, 6) is -0.0487. The van der Waals surface area contributed by atoms with Gasteiger partial charge in [0.25, 0.3) is 5.91 Å². The molecule has 0 aromatic heterocycles. The molecule has 1 amide bonds. The van der Waals surface area contributed by atoms with E-state index in [0.29, 0.717) is 18.7 Å². The van der Waals surface area contributed by atoms with Gasteiger partial charge < -0.3 is 10.2 Å². The smallest absolute Gasteiger partial charge is 0.253 e. The molecule has 2 N–H and O–H groups in total. The van der Waals surface area contributed by atoms with Crippen LogP contribution in [0.15, 0.2) is 29.2 Å². The fourth-order valence-electron chi connectivity index (χ4n) is 2.56. The van der Waals surface area contributed by atoms with Crippen LogP contribution in [-0.2, 0) is 10.0 Å². The molecule has 0 spiro atoms. The van der Waals surface area contributed by atoms with Gasteiger partial charge in [0, 0.05) is 37.3 Å². The van der Waals surface area contributed by atoms with Crippen LogP contribution in [0.3, 0.4) is 0 Å². The number of carbonyl (C=O) groups is 1. The molecule has 1 saturated heterocycles. The quantitative estimate of drug-likeness (QED) is 0.849. The molecular weight excluding hydrogens is 302 g/mol. The third-order valence-electron chi connectivity index (χ3n) is 3.97. The molecule has 1 atom stereocenters. The highest BCUT2D eigenvalue weighted by atomic mass is 32.2. The van der Waals surface area contributed by atoms with Crippen molar-refractivity contribution in [3.63, 3.8) is 0 Å². The third-order valence-corrected chi connectivity index (χ3v) is 5.50. The van der Waals surface area contributed by atoms with Gasteiger partial charge in [0.15, 0.2) is 0 Å². The van der Waals surface area contributed by atoms with E-state index < -0.39 is 10.0 Å². The Morgan fingerprint density at radius 2 is 1.95 bits per heavy atom. The number of nitrogens with one attached hydrogen (secondary N) is 2. The van der Waals surface area contributed by atoms with Gasteiger partial charge in [0.1, 0.15) is 0 Å². The Balaban J connectivity index is 1.71. The average Bonchev–Trinajstić information content (AvgIpc) is 3.30. The molecule has 1 aromatic carbocycles. The van der Waals surface area contributed by atoms with E-state index in [0.717, 1.165) is 19.4 Å². The van der Waals surface area contributed by atoms with Gasteiger partial charge in [0.2, 0.25) is 10.0 Å². The summed E-state index contributed by atoms with van der Waals surface area (Å²) < 4.78 is 26.8. The molecule has 2 aliphatic rings. The molecule has 1 saturated carbocycles. The van der Waals surface area contributed by atoms with Crippen LogP contribution in [0.4, 0.5) is 0 Å². The molecule has 3 rings (SSSR count). The number of benzene rings is 1. The minimum absolute atomic E-state index is 0.0487. The van der Waals surface area contributed by atoms with E-state index in [1.165, 1.54) is 12.1 Å². The standard InChI is InChI=1S/C15H21N3O3S/c1-11-10-18(9-8-16-11)15(19)12-2-6-14(7-3-12)22(20,21)17-13-4-5-13/h2-3,6-7,11,13,16-17H,4-5,8-10H2,1H3. The third kappa shape index (κ3) is 3.48. The van der Waals surface area contributed by atoms with Crippen molar-refractivity contribution in [1.29, 1.82) is 0 Å². The summed E-state index contributed by atoms with van der Waals surface area (Å²) >= 11 is 0. The van der Waals surface area contributed by atoms with Gasteiger partial charge in [0.05, 0.1) is 4.90 Å². The number of piperazine rings is 1. The van der Waals surface area contributed by atoms with E-state index in [1.54, 1.807) is 17.0 Å². The summed E-state index contributed by atoms with van der Waals surface area (Å²) in [6.07, 6.45) is 1.80. The van der Waals surface area contributed by atoms with Crippen LogP contribution in [0.25, 0.3) is 0 Å². The summed E-state index contributed by atoms with van der Waals surface area (Å²) in [7, 11) is -3.46. The monoisotopic (exact) mass is 323 g/mol. The molecule has 1 unspecified atom stereocenters. The molecule has 2 fully saturated rings. The molecule has 1 aliphatic heterocycles. The maximum Gasteiger partial charge on any atom is 0.253 e. The number of carbonyl (C=O) groups excluding carboxylic acids is 1. The van der Waals surface area contributed by atoms with E-state index in [2.05, 4.69) is 10.0 Å². The summed E-state index contributed by atoms with van der Waals surface area (Å²) in [6.45, 7) is 4.16. The molecular formula is C15H21N3O3S. The lowest BCUT2D eigenvalue weighted by Gasteiger charge is -2.32. The molecule has 0 radical (unpaired) electrons. The molecule has 120 valence electrons. The maximum atomic E-state index is 12.4. The maximum absolute atomic E-state index is 12.4. The first-order valence-corrected chi connectivity index (χ1v) is 9.09. The molecule has 6 nitrogen and oxygen atoms in total. The molecule has 1 heterocycles. The van der Waals surface area contributed by atoms with Crippen LogP contribution >= 0.6 is 0 Å². The number of hydrogen-bond acceptors (Lipinski definition) is 4. The zero-order valence-corrected chi connectivity index (χ0v) is 13.4. The van der Waals surface area contributed by atoms with Gasteiger partial charge in [-0.1, -0.05) is 0 Å². The average molecular weight is 323 g/mol. The first kappa shape index (κ1) is 15.5. The summed E-state index contributed by atoms with van der Waals surface area (Å²) in [5, 5.41) is 3.29. The lowest BCUT2D eigenvalue weighted by molar-refractivity contribution is 0.0709. The van der Waals surface area contributed by atoms with Crippen molar-refractivity contribution in [2.75, 3.05) is 19.6 Å². The van der Waals surface area contributed by atoms with Crippen LogP contribution < -0.4 is 10.0 Å². The lowest BCUT2D eigenvalue weighted by Crippen LogP contribution is -2.51. The van der Waals surface area contributed by atoms with E-state index in [9.17, 15) is 13.2 Å². The largest absolute Gasteiger partial charge is 0.336 e. The van der Waals surface area contributed by atoms with Gasteiger partial charge in [-0.15, -0.1) is 0 Å². The highest BCUT2D eigenvalue weighted by Gasteiger charge is 2.28. The second-order valence-electron chi connectivity index (χ2n) is 6.03. The summed E-state index contributed by atoms with van der Waals surface area (Å²) in [4.78, 5) is 14.4. The molecule has 22 heavy (non-hydrogen) atoms. The van der Waals surface area contributed by atoms with Crippen LogP contribution in [0.1, 0.15) is 30.1 Å². The van der Waals surface area contributed by atoms with Crippen LogP contribution in [0.2, 0.25) is 0 Å². The Bertz CT molecular complexity index is 653. The SMILES string of the molecule is CC1CN(C(=O)c2ccc(S(=O)(=O)NC3CC3)cc2)CCN1. The van der Waals surface area contributed by atoms with Gasteiger partial charge in [-0.25, -0.2) is 13.1 Å². The number of hydrogen-bond donors (Lipinski definition) is 2. The minimum atomic E-state index is -3.46. The summed E-state index contributed by atoms with van der Waals surface area (Å²) in [6, 6.07) is 6.55. The van der Waals surface area contributed by atoms with Crippen molar-refractivity contribution in [3.8, 4) is 0 Å². The Kier molecular flexibility index (Phi) is 4.20. The second kappa shape index (κ2) is 5.98. The topological polar surface area (TPSA) is 78.5 Å². The highest BCUT2D eigenvalue weighted by Crippen LogP contribution is 2.22. The molecule has 7 heteroatoms. The fourth-order valence-corrected chi connectivity index (χ4v) is 3.87. The van der Waals surface area contributed by atoms with Crippen LogP contribution in [0.5, 0.6) is 0 Å². The normalized spacial score (nSPS) is 22.6. The Labute approximate surface area is 130 Å². The van der Waals surface area contributed by atoms with Gasteiger partial charge >= 0.3 is 0 Å². The first-order chi connectivity index (χ1) is 10.5. The van der Waals surface area contributed by atoms with Gasteiger partial charge in [-0.05, 0) is 44.0 Å². The number of amides is 1. The zero-order chi connectivity index (χ0) is 15.7. The predicted molar refractivity (Wildman–Crippen MR) is 83.2 cm³/mol. The molecule has 1 aliphatic carbocycles. The van der Waals surface area contributed by atoms with E-state index in [-0.39, 0.29) is 22.9 Å². The fraction of sp³-hybridized carbons (Fsp3) is 0.533. The number of sulfonamides is 1. The first-order valence-electron chi connectivity index (χ1n) is 7.61. The van der Waals surface area contributed by atoms with Gasteiger partial charge in [-0.2, -0.15) is 0 Å². The van der Waals surface area contributed by atoms with Crippen molar-refractivity contribution in [2.45, 2.75) is 36.7 Å². The lowest BCUT2D eigenvalue weighted by atomic mass is 10.1. The number of rotatable bonds is 4. The van der Waals surface area contributed by atoms with Crippen LogP contribution in [0, 0.1) is 0 Å². The van der Waals surface area contributed by atoms with Crippen molar-refractivity contribution >= 4 is 15.9 Å². The van der Waals surface area contributed by atoms with E-state index in [4.69, 9.17) is 0 Å². The minimum Gasteiger partial charge on any atom is -0.336 e. The Morgan fingerprint density at radius 1 is 1.27 bits per heavy atom. The number of nitrogens with zero attached hydrogens (tertiary/aromatic N) is 1. The second-order valence-corrected chi connectivity index (χ2v) is 7.74. The van der Waals surface area contributed by atoms with Crippen molar-refractivity contribution in [3.05, 3.63) is 29.8 Å². The molecule has 0 bridgehead atoms. The van der Waals surface area contributed by atoms with Gasteiger partial charge in [-0.3, -0.25) is 4.79 Å². The highest BCUT2D eigenvalue weighted by molar-refractivity contribution is 7.89. The van der Waals surface area contributed by atoms with Crippen molar-refractivity contribution in [2.24, 2.45) is 0 Å². The van der Waals surface area contributed by atoms with Crippen molar-refractivity contribution < 1.29 is 13.2 Å². The Hall–Kier alpha value is -1.44. The zero-order valence-electron chi connectivity index (χ0n) is 12.6. The van der Waals surface area contributed by atoms with E-state index >= 15 is 0 Å². The Morgan fingerprint density at radius 3 is 2.55 bits per heavy atom. The van der Waals surface area contributed by atoms with Crippen molar-refractivity contribution in [1.82, 2.24) is 14.9 Å².